The highest BCUT2D eigenvalue weighted by Gasteiger charge is 2.50. The lowest BCUT2D eigenvalue weighted by molar-refractivity contribution is 0.0283. The second kappa shape index (κ2) is 5.23. The van der Waals surface area contributed by atoms with Gasteiger partial charge in [0.25, 0.3) is 0 Å². The maximum atomic E-state index is 6.16. The Morgan fingerprint density at radius 3 is 2.61 bits per heavy atom. The number of nitrogens with two attached hydrogens (primary N) is 1. The first-order valence-electron chi connectivity index (χ1n) is 6.55. The molecule has 1 saturated carbocycles. The monoisotopic (exact) mass is 330 g/mol. The van der Waals surface area contributed by atoms with Gasteiger partial charge in [0.1, 0.15) is 0 Å². The molecule has 0 amide bonds. The van der Waals surface area contributed by atoms with Crippen LogP contribution in [-0.4, -0.2) is 24.0 Å². The fourth-order valence-corrected chi connectivity index (χ4v) is 4.96. The van der Waals surface area contributed by atoms with E-state index in [1.807, 2.05) is 11.3 Å². The summed E-state index contributed by atoms with van der Waals surface area (Å²) in [7, 11) is 2.23. The van der Waals surface area contributed by atoms with Crippen molar-refractivity contribution >= 4 is 27.3 Å². The molecule has 0 radical (unpaired) electrons. The van der Waals surface area contributed by atoms with Crippen molar-refractivity contribution in [1.29, 1.82) is 0 Å². The van der Waals surface area contributed by atoms with Crippen LogP contribution in [-0.2, 0) is 6.54 Å². The minimum Gasteiger partial charge on any atom is -0.329 e. The SMILES string of the molecule is CN(Cc1cc(Br)cs1)C1(CN)CCCC1(C)C. The quantitative estimate of drug-likeness (QED) is 0.908. The first-order valence-corrected chi connectivity index (χ1v) is 8.23. The van der Waals surface area contributed by atoms with Gasteiger partial charge in [0.2, 0.25) is 0 Å². The molecule has 1 aliphatic carbocycles. The summed E-state index contributed by atoms with van der Waals surface area (Å²) in [5.41, 5.74) is 6.62. The molecule has 2 N–H and O–H groups in total. The van der Waals surface area contributed by atoms with Crippen LogP contribution in [0.4, 0.5) is 0 Å². The Morgan fingerprint density at radius 1 is 1.44 bits per heavy atom. The van der Waals surface area contributed by atoms with E-state index in [-0.39, 0.29) is 5.54 Å². The Bertz CT molecular complexity index is 416. The third-order valence-corrected chi connectivity index (χ3v) is 6.42. The summed E-state index contributed by atoms with van der Waals surface area (Å²) in [6.07, 6.45) is 3.80. The van der Waals surface area contributed by atoms with E-state index in [4.69, 9.17) is 5.73 Å². The molecule has 4 heteroatoms. The summed E-state index contributed by atoms with van der Waals surface area (Å²) in [5, 5.41) is 2.15. The lowest BCUT2D eigenvalue weighted by atomic mass is 9.74. The molecule has 1 atom stereocenters. The molecule has 102 valence electrons. The Kier molecular flexibility index (Phi) is 4.22. The zero-order valence-electron chi connectivity index (χ0n) is 11.5. The Morgan fingerprint density at radius 2 is 2.17 bits per heavy atom. The Hall–Kier alpha value is 0.1000. The average Bonchev–Trinajstić information content (AvgIpc) is 2.82. The van der Waals surface area contributed by atoms with Gasteiger partial charge in [-0.25, -0.2) is 0 Å². The summed E-state index contributed by atoms with van der Waals surface area (Å²) < 4.78 is 1.18. The van der Waals surface area contributed by atoms with Crippen molar-refractivity contribution in [3.05, 3.63) is 20.8 Å². The maximum Gasteiger partial charge on any atom is 0.0383 e. The van der Waals surface area contributed by atoms with E-state index < -0.39 is 0 Å². The highest BCUT2D eigenvalue weighted by atomic mass is 79.9. The fourth-order valence-electron chi connectivity index (χ4n) is 3.46. The third kappa shape index (κ3) is 2.40. The second-order valence-electron chi connectivity index (χ2n) is 6.06. The van der Waals surface area contributed by atoms with E-state index in [2.05, 4.69) is 53.2 Å². The Balaban J connectivity index is 2.18. The highest BCUT2D eigenvalue weighted by Crippen LogP contribution is 2.49. The average molecular weight is 331 g/mol. The van der Waals surface area contributed by atoms with Crippen LogP contribution in [0.2, 0.25) is 0 Å². The van der Waals surface area contributed by atoms with Crippen molar-refractivity contribution < 1.29 is 0 Å². The molecule has 2 rings (SSSR count). The lowest BCUT2D eigenvalue weighted by Gasteiger charge is -2.47. The number of likely N-dealkylation sites (N-methyl/N-ethyl adjacent to an activating group) is 1. The molecule has 0 aromatic carbocycles. The van der Waals surface area contributed by atoms with Crippen molar-refractivity contribution in [3.8, 4) is 0 Å². The molecule has 1 aliphatic rings. The smallest absolute Gasteiger partial charge is 0.0383 e. The first-order chi connectivity index (χ1) is 8.41. The summed E-state index contributed by atoms with van der Waals surface area (Å²) >= 11 is 5.34. The summed E-state index contributed by atoms with van der Waals surface area (Å²) in [4.78, 5) is 3.89. The fraction of sp³-hybridized carbons (Fsp3) is 0.714. The lowest BCUT2D eigenvalue weighted by Crippen LogP contribution is -2.57. The third-order valence-electron chi connectivity index (χ3n) is 4.74. The minimum absolute atomic E-state index is 0.156. The molecule has 18 heavy (non-hydrogen) atoms. The minimum atomic E-state index is 0.156. The second-order valence-corrected chi connectivity index (χ2v) is 7.97. The van der Waals surface area contributed by atoms with E-state index in [1.54, 1.807) is 0 Å². The summed E-state index contributed by atoms with van der Waals surface area (Å²) in [6, 6.07) is 2.22. The van der Waals surface area contributed by atoms with Crippen molar-refractivity contribution in [3.63, 3.8) is 0 Å². The van der Waals surface area contributed by atoms with Crippen LogP contribution in [0, 0.1) is 5.41 Å². The number of nitrogens with zero attached hydrogens (tertiary/aromatic N) is 1. The standard InChI is InChI=1S/C14H23BrN2S/c1-13(2)5-4-6-14(13,10-16)17(3)8-12-7-11(15)9-18-12/h7,9H,4-6,8,10,16H2,1-3H3. The van der Waals surface area contributed by atoms with Crippen LogP contribution in [0.1, 0.15) is 38.0 Å². The molecule has 2 nitrogen and oxygen atoms in total. The van der Waals surface area contributed by atoms with Gasteiger partial charge in [-0.2, -0.15) is 0 Å². The van der Waals surface area contributed by atoms with Crippen LogP contribution in [0.15, 0.2) is 15.9 Å². The van der Waals surface area contributed by atoms with E-state index in [0.29, 0.717) is 5.41 Å². The van der Waals surface area contributed by atoms with Gasteiger partial charge in [-0.05, 0) is 47.3 Å². The van der Waals surface area contributed by atoms with Crippen LogP contribution in [0.3, 0.4) is 0 Å². The van der Waals surface area contributed by atoms with Crippen LogP contribution >= 0.6 is 27.3 Å². The number of hydrogen-bond donors (Lipinski definition) is 1. The maximum absolute atomic E-state index is 6.16. The zero-order chi connectivity index (χ0) is 13.4. The van der Waals surface area contributed by atoms with E-state index >= 15 is 0 Å². The van der Waals surface area contributed by atoms with Gasteiger partial charge in [0.05, 0.1) is 0 Å². The number of rotatable bonds is 4. The highest BCUT2D eigenvalue weighted by molar-refractivity contribution is 9.10. The van der Waals surface area contributed by atoms with Crippen molar-refractivity contribution in [1.82, 2.24) is 4.90 Å². The molecule has 1 aromatic rings. The van der Waals surface area contributed by atoms with Gasteiger partial charge in [0.15, 0.2) is 0 Å². The van der Waals surface area contributed by atoms with Crippen molar-refractivity contribution in [2.75, 3.05) is 13.6 Å². The largest absolute Gasteiger partial charge is 0.329 e. The summed E-state index contributed by atoms with van der Waals surface area (Å²) in [5.74, 6) is 0. The number of thiophene rings is 1. The molecule has 0 aliphatic heterocycles. The predicted octanol–water partition coefficient (Wildman–Crippen LogP) is 3.85. The topological polar surface area (TPSA) is 29.3 Å². The van der Waals surface area contributed by atoms with Crippen LogP contribution in [0.5, 0.6) is 0 Å². The van der Waals surface area contributed by atoms with E-state index in [9.17, 15) is 0 Å². The van der Waals surface area contributed by atoms with Crippen LogP contribution in [0.25, 0.3) is 0 Å². The van der Waals surface area contributed by atoms with Crippen molar-refractivity contribution in [2.45, 2.75) is 45.2 Å². The van der Waals surface area contributed by atoms with E-state index in [0.717, 1.165) is 13.1 Å². The zero-order valence-corrected chi connectivity index (χ0v) is 13.9. The number of halogens is 1. The Labute approximate surface area is 123 Å². The van der Waals surface area contributed by atoms with Gasteiger partial charge in [-0.15, -0.1) is 11.3 Å². The molecule has 0 spiro atoms. The molecular formula is C14H23BrN2S. The molecule has 1 fully saturated rings. The molecule has 1 aromatic heterocycles. The molecule has 0 saturated heterocycles. The van der Waals surface area contributed by atoms with Crippen LogP contribution < -0.4 is 5.73 Å². The van der Waals surface area contributed by atoms with Gasteiger partial charge < -0.3 is 5.73 Å². The molecule has 1 heterocycles. The first kappa shape index (κ1) is 14.5. The number of hydrogen-bond acceptors (Lipinski definition) is 3. The molecule has 1 unspecified atom stereocenters. The van der Waals surface area contributed by atoms with Gasteiger partial charge >= 0.3 is 0 Å². The molecular weight excluding hydrogens is 308 g/mol. The normalized spacial score (nSPS) is 27.0. The van der Waals surface area contributed by atoms with Gasteiger partial charge in [-0.1, -0.05) is 20.3 Å². The predicted molar refractivity (Wildman–Crippen MR) is 82.9 cm³/mol. The summed E-state index contributed by atoms with van der Waals surface area (Å²) in [6.45, 7) is 6.49. The van der Waals surface area contributed by atoms with Crippen molar-refractivity contribution in [2.24, 2.45) is 11.1 Å². The van der Waals surface area contributed by atoms with E-state index in [1.165, 1.54) is 28.6 Å². The van der Waals surface area contributed by atoms with Gasteiger partial charge in [0, 0.05) is 33.4 Å². The van der Waals surface area contributed by atoms with Gasteiger partial charge in [-0.3, -0.25) is 4.90 Å². The molecule has 0 bridgehead atoms.